The lowest BCUT2D eigenvalue weighted by molar-refractivity contribution is -0.688. The van der Waals surface area contributed by atoms with Crippen molar-refractivity contribution in [2.45, 2.75) is 6.18 Å². The molecule has 18 heavy (non-hydrogen) atoms. The van der Waals surface area contributed by atoms with E-state index in [0.29, 0.717) is 10.4 Å². The number of nitrogens with zero attached hydrogens (tertiary/aromatic N) is 2. The molecule has 0 saturated heterocycles. The van der Waals surface area contributed by atoms with Gasteiger partial charge >= 0.3 is 11.9 Å². The number of hydrogen-bond donors (Lipinski definition) is 0. The zero-order valence-electron chi connectivity index (χ0n) is 9.06. The van der Waals surface area contributed by atoms with Crippen LogP contribution in [0.2, 0.25) is 0 Å². The van der Waals surface area contributed by atoms with E-state index < -0.39 is 17.8 Å². The second-order valence-electron chi connectivity index (χ2n) is 3.32. The lowest BCUT2D eigenvalue weighted by Crippen LogP contribution is -2.40. The van der Waals surface area contributed by atoms with E-state index in [1.165, 1.54) is 31.4 Å². The molecule has 8 heteroatoms. The number of benzene rings is 1. The molecule has 0 spiro atoms. The van der Waals surface area contributed by atoms with Crippen LogP contribution in [0.3, 0.4) is 0 Å². The highest BCUT2D eigenvalue weighted by Crippen LogP contribution is 2.31. The van der Waals surface area contributed by atoms with Crippen LogP contribution in [0.25, 0.3) is 5.69 Å². The molecule has 0 fully saturated rings. The molecule has 0 saturated carbocycles. The van der Waals surface area contributed by atoms with Gasteiger partial charge in [-0.1, -0.05) is 0 Å². The van der Waals surface area contributed by atoms with Crippen LogP contribution in [0, 0.1) is 0 Å². The first-order valence-electron chi connectivity index (χ1n) is 4.74. The molecule has 0 unspecified atom stereocenters. The number of ether oxygens (including phenoxy) is 1. The summed E-state index contributed by atoms with van der Waals surface area (Å²) < 4.78 is 47.2. The SMILES string of the molecule is COc1ccc(-[n+]2noc([O-])c2C(F)(F)F)cc1. The summed E-state index contributed by atoms with van der Waals surface area (Å²) in [5.74, 6) is -1.06. The summed E-state index contributed by atoms with van der Waals surface area (Å²) in [5.41, 5.74) is -1.43. The maximum Gasteiger partial charge on any atom is 0.482 e. The van der Waals surface area contributed by atoms with Crippen molar-refractivity contribution in [2.75, 3.05) is 7.11 Å². The summed E-state index contributed by atoms with van der Waals surface area (Å²) in [7, 11) is 1.43. The van der Waals surface area contributed by atoms with Crippen molar-refractivity contribution >= 4 is 0 Å². The molecular weight excluding hydrogens is 253 g/mol. The molecule has 96 valence electrons. The van der Waals surface area contributed by atoms with Crippen LogP contribution in [-0.4, -0.2) is 12.4 Å². The van der Waals surface area contributed by atoms with Gasteiger partial charge in [0.15, 0.2) is 5.95 Å². The summed E-state index contributed by atoms with van der Waals surface area (Å²) in [6, 6.07) is 5.55. The van der Waals surface area contributed by atoms with Crippen molar-refractivity contribution in [3.63, 3.8) is 0 Å². The zero-order chi connectivity index (χ0) is 13.3. The summed E-state index contributed by atoms with van der Waals surface area (Å²) in [4.78, 5) is 0. The van der Waals surface area contributed by atoms with Gasteiger partial charge in [-0.2, -0.15) is 13.2 Å². The van der Waals surface area contributed by atoms with Gasteiger partial charge in [-0.05, 0) is 16.8 Å². The van der Waals surface area contributed by atoms with Crippen LogP contribution in [0.15, 0.2) is 28.8 Å². The fraction of sp³-hybridized carbons (Fsp3) is 0.200. The quantitative estimate of drug-likeness (QED) is 0.757. The molecule has 1 heterocycles. The van der Waals surface area contributed by atoms with Crippen molar-refractivity contribution in [1.29, 1.82) is 0 Å². The molecule has 0 aliphatic rings. The summed E-state index contributed by atoms with van der Waals surface area (Å²) >= 11 is 0. The lowest BCUT2D eigenvalue weighted by Gasteiger charge is -2.02. The van der Waals surface area contributed by atoms with Crippen molar-refractivity contribution < 1.29 is 32.2 Å². The molecule has 0 radical (unpaired) electrons. The Morgan fingerprint density at radius 1 is 1.28 bits per heavy atom. The fourth-order valence-electron chi connectivity index (χ4n) is 1.38. The average Bonchev–Trinajstić information content (AvgIpc) is 2.71. The Morgan fingerprint density at radius 3 is 2.39 bits per heavy atom. The average molecular weight is 260 g/mol. The topological polar surface area (TPSA) is 62.2 Å². The van der Waals surface area contributed by atoms with Gasteiger partial charge in [0.25, 0.3) is 0 Å². The largest absolute Gasteiger partial charge is 0.539 e. The third-order valence-corrected chi connectivity index (χ3v) is 2.20. The molecule has 0 amide bonds. The van der Waals surface area contributed by atoms with Gasteiger partial charge in [0, 0.05) is 12.1 Å². The Kier molecular flexibility index (Phi) is 2.85. The molecule has 2 rings (SSSR count). The highest BCUT2D eigenvalue weighted by atomic mass is 19.4. The number of rotatable bonds is 2. The van der Waals surface area contributed by atoms with E-state index in [1.807, 2.05) is 0 Å². The monoisotopic (exact) mass is 260 g/mol. The predicted octanol–water partition coefficient (Wildman–Crippen LogP) is 1.05. The minimum atomic E-state index is -4.84. The number of alkyl halides is 3. The van der Waals surface area contributed by atoms with Crippen LogP contribution < -0.4 is 14.5 Å². The van der Waals surface area contributed by atoms with E-state index >= 15 is 0 Å². The van der Waals surface area contributed by atoms with E-state index in [0.717, 1.165) is 0 Å². The molecule has 1 aromatic carbocycles. The van der Waals surface area contributed by atoms with Crippen LogP contribution in [0.1, 0.15) is 5.69 Å². The molecule has 2 aromatic rings. The molecule has 1 aromatic heterocycles. The molecule has 0 N–H and O–H groups in total. The molecule has 0 atom stereocenters. The van der Waals surface area contributed by atoms with Gasteiger partial charge < -0.3 is 14.4 Å². The first-order valence-corrected chi connectivity index (χ1v) is 4.74. The Morgan fingerprint density at radius 2 is 1.89 bits per heavy atom. The normalized spacial score (nSPS) is 11.6. The molecule has 5 nitrogen and oxygen atoms in total. The number of halogens is 3. The van der Waals surface area contributed by atoms with Crippen molar-refractivity contribution in [1.82, 2.24) is 5.27 Å². The van der Waals surface area contributed by atoms with Crippen LogP contribution in [0.5, 0.6) is 11.7 Å². The van der Waals surface area contributed by atoms with E-state index in [-0.39, 0.29) is 5.69 Å². The fourth-order valence-corrected chi connectivity index (χ4v) is 1.38. The summed E-state index contributed by atoms with van der Waals surface area (Å²) in [6.07, 6.45) is -4.84. The minimum absolute atomic E-state index is 0.0500. The Bertz CT molecular complexity index is 548. The zero-order valence-corrected chi connectivity index (χ0v) is 9.06. The first kappa shape index (κ1) is 12.2. The maximum absolute atomic E-state index is 12.6. The summed E-state index contributed by atoms with van der Waals surface area (Å²) in [5, 5.41) is 14.1. The molecular formula is C10H7F3N2O3. The van der Waals surface area contributed by atoms with Gasteiger partial charge in [-0.3, -0.25) is 0 Å². The van der Waals surface area contributed by atoms with E-state index in [4.69, 9.17) is 4.74 Å². The number of hydrogen-bond acceptors (Lipinski definition) is 4. The molecule has 0 bridgehead atoms. The van der Waals surface area contributed by atoms with Crippen molar-refractivity contribution in [2.24, 2.45) is 0 Å². The Labute approximate surface area is 99.0 Å². The van der Waals surface area contributed by atoms with Crippen molar-refractivity contribution in [3.05, 3.63) is 30.0 Å². The highest BCUT2D eigenvalue weighted by molar-refractivity contribution is 5.31. The third kappa shape index (κ3) is 2.08. The second-order valence-corrected chi connectivity index (χ2v) is 3.32. The van der Waals surface area contributed by atoms with Gasteiger partial charge in [-0.15, -0.1) is 0 Å². The van der Waals surface area contributed by atoms with E-state index in [9.17, 15) is 18.3 Å². The van der Waals surface area contributed by atoms with Crippen LogP contribution in [-0.2, 0) is 6.18 Å². The Hall–Kier alpha value is -2.25. The molecule has 0 aliphatic heterocycles. The van der Waals surface area contributed by atoms with Crippen molar-refractivity contribution in [3.8, 4) is 17.4 Å². The predicted molar refractivity (Wildman–Crippen MR) is 49.0 cm³/mol. The van der Waals surface area contributed by atoms with E-state index in [1.54, 1.807) is 0 Å². The van der Waals surface area contributed by atoms with Crippen LogP contribution in [0.4, 0.5) is 13.2 Å². The minimum Gasteiger partial charge on any atom is -0.539 e. The Balaban J connectivity index is 2.51. The molecule has 0 aliphatic carbocycles. The number of methoxy groups -OCH3 is 1. The first-order chi connectivity index (χ1) is 8.43. The van der Waals surface area contributed by atoms with Gasteiger partial charge in [0.1, 0.15) is 5.75 Å². The smallest absolute Gasteiger partial charge is 0.482 e. The summed E-state index contributed by atoms with van der Waals surface area (Å²) in [6.45, 7) is 0. The third-order valence-electron chi connectivity index (χ3n) is 2.20. The van der Waals surface area contributed by atoms with Gasteiger partial charge in [-0.25, -0.2) is 0 Å². The van der Waals surface area contributed by atoms with Crippen LogP contribution >= 0.6 is 0 Å². The second kappa shape index (κ2) is 4.21. The van der Waals surface area contributed by atoms with E-state index in [2.05, 4.69) is 9.79 Å². The van der Waals surface area contributed by atoms with Gasteiger partial charge in [0.2, 0.25) is 5.69 Å². The standard InChI is InChI=1S/C10H7F3N2O3/c1-17-7-4-2-6(3-5-7)15-8(10(11,12)13)9(16)18-14-15/h2-5H,1H3. The lowest BCUT2D eigenvalue weighted by atomic mass is 10.3. The highest BCUT2D eigenvalue weighted by Gasteiger charge is 2.45. The maximum atomic E-state index is 12.6. The number of aromatic nitrogens is 2. The van der Waals surface area contributed by atoms with Gasteiger partial charge in [0.05, 0.1) is 12.4 Å².